The SMILES string of the molecule is CCCc1c(C)cc2n1CCN(c1nccc(-n3cc(C(N)=O)c(N)n3)c1CO)C2=O. The van der Waals surface area contributed by atoms with E-state index in [1.807, 2.05) is 13.0 Å². The molecular formula is C21H25N7O3. The summed E-state index contributed by atoms with van der Waals surface area (Å²) in [6, 6.07) is 3.54. The van der Waals surface area contributed by atoms with E-state index < -0.39 is 5.91 Å². The van der Waals surface area contributed by atoms with E-state index in [0.717, 1.165) is 18.4 Å². The van der Waals surface area contributed by atoms with Gasteiger partial charge in [-0.05, 0) is 31.0 Å². The molecule has 31 heavy (non-hydrogen) atoms. The van der Waals surface area contributed by atoms with E-state index in [4.69, 9.17) is 11.5 Å². The summed E-state index contributed by atoms with van der Waals surface area (Å²) < 4.78 is 3.44. The third kappa shape index (κ3) is 3.34. The van der Waals surface area contributed by atoms with Crippen LogP contribution in [0.15, 0.2) is 24.5 Å². The summed E-state index contributed by atoms with van der Waals surface area (Å²) in [5, 5.41) is 14.3. The van der Waals surface area contributed by atoms with Crippen molar-refractivity contribution in [1.29, 1.82) is 0 Å². The minimum absolute atomic E-state index is 0.0134. The van der Waals surface area contributed by atoms with Gasteiger partial charge in [-0.15, -0.1) is 5.10 Å². The van der Waals surface area contributed by atoms with Gasteiger partial charge in [-0.3, -0.25) is 14.5 Å². The average Bonchev–Trinajstić information content (AvgIpc) is 3.29. The number of nitrogens with two attached hydrogens (primary N) is 2. The first-order valence-electron chi connectivity index (χ1n) is 10.1. The van der Waals surface area contributed by atoms with Gasteiger partial charge in [0.15, 0.2) is 5.82 Å². The second-order valence-corrected chi connectivity index (χ2v) is 7.54. The average molecular weight is 423 g/mol. The van der Waals surface area contributed by atoms with Crippen LogP contribution in [0.3, 0.4) is 0 Å². The number of nitrogen functional groups attached to an aromatic ring is 1. The molecule has 0 radical (unpaired) electrons. The smallest absolute Gasteiger partial charge is 0.276 e. The van der Waals surface area contributed by atoms with E-state index in [1.54, 1.807) is 11.0 Å². The highest BCUT2D eigenvalue weighted by molar-refractivity contribution is 6.06. The second-order valence-electron chi connectivity index (χ2n) is 7.54. The maximum Gasteiger partial charge on any atom is 0.276 e. The second kappa shape index (κ2) is 7.88. The fraction of sp³-hybridized carbons (Fsp3) is 0.333. The lowest BCUT2D eigenvalue weighted by Crippen LogP contribution is -2.41. The molecule has 4 heterocycles. The number of aliphatic hydroxyl groups is 1. The van der Waals surface area contributed by atoms with Crippen molar-refractivity contribution >= 4 is 23.5 Å². The Morgan fingerprint density at radius 1 is 1.32 bits per heavy atom. The van der Waals surface area contributed by atoms with E-state index >= 15 is 0 Å². The zero-order valence-electron chi connectivity index (χ0n) is 17.5. The summed E-state index contributed by atoms with van der Waals surface area (Å²) in [7, 11) is 0. The van der Waals surface area contributed by atoms with Gasteiger partial charge in [0, 0.05) is 36.7 Å². The van der Waals surface area contributed by atoms with Crippen molar-refractivity contribution in [2.75, 3.05) is 17.2 Å². The Hall–Kier alpha value is -3.66. The molecule has 162 valence electrons. The Morgan fingerprint density at radius 3 is 2.74 bits per heavy atom. The summed E-state index contributed by atoms with van der Waals surface area (Å²) in [4.78, 5) is 30.8. The van der Waals surface area contributed by atoms with Gasteiger partial charge in [0.1, 0.15) is 17.1 Å². The molecule has 3 aromatic rings. The van der Waals surface area contributed by atoms with Gasteiger partial charge < -0.3 is 21.1 Å². The van der Waals surface area contributed by atoms with E-state index in [1.165, 1.54) is 22.8 Å². The highest BCUT2D eigenvalue weighted by Crippen LogP contribution is 2.30. The standard InChI is InChI=1S/C21H25N7O3/c1-3-4-15-12(2)9-17-21(31)27(8-7-26(15)17)20-14(11-29)16(5-6-24-20)28-10-13(19(23)30)18(22)25-28/h5-6,9-10,29H,3-4,7-8,11H2,1-2H3,(H2,22,25)(H2,23,30). The van der Waals surface area contributed by atoms with Crippen LogP contribution in [0.2, 0.25) is 0 Å². The van der Waals surface area contributed by atoms with Gasteiger partial charge in [-0.25, -0.2) is 9.67 Å². The number of carbonyl (C=O) groups is 2. The van der Waals surface area contributed by atoms with Crippen LogP contribution in [0, 0.1) is 6.92 Å². The molecule has 0 bridgehead atoms. The minimum atomic E-state index is -0.700. The number of amides is 2. The third-order valence-electron chi connectivity index (χ3n) is 5.60. The normalized spacial score (nSPS) is 13.5. The van der Waals surface area contributed by atoms with Gasteiger partial charge in [-0.2, -0.15) is 0 Å². The van der Waals surface area contributed by atoms with Crippen molar-refractivity contribution in [3.63, 3.8) is 0 Å². The molecule has 0 spiro atoms. The van der Waals surface area contributed by atoms with Crippen LogP contribution in [-0.2, 0) is 19.6 Å². The van der Waals surface area contributed by atoms with E-state index in [2.05, 4.69) is 21.6 Å². The maximum absolute atomic E-state index is 13.3. The number of carbonyl (C=O) groups excluding carboxylic acids is 2. The monoisotopic (exact) mass is 423 g/mol. The molecule has 1 aliphatic heterocycles. The highest BCUT2D eigenvalue weighted by Gasteiger charge is 2.31. The molecule has 10 heteroatoms. The van der Waals surface area contributed by atoms with Crippen molar-refractivity contribution in [3.05, 3.63) is 52.6 Å². The predicted molar refractivity (Wildman–Crippen MR) is 115 cm³/mol. The number of aryl methyl sites for hydroxylation is 1. The molecule has 1 aliphatic rings. The lowest BCUT2D eigenvalue weighted by Gasteiger charge is -2.30. The molecule has 0 unspecified atom stereocenters. The first-order chi connectivity index (χ1) is 14.9. The summed E-state index contributed by atoms with van der Waals surface area (Å²) in [6.07, 6.45) is 4.85. The van der Waals surface area contributed by atoms with Gasteiger partial charge in [0.2, 0.25) is 0 Å². The van der Waals surface area contributed by atoms with Gasteiger partial charge in [-0.1, -0.05) is 13.3 Å². The number of aliphatic hydroxyl groups excluding tert-OH is 1. The number of nitrogens with zero attached hydrogens (tertiary/aromatic N) is 5. The lowest BCUT2D eigenvalue weighted by atomic mass is 10.1. The van der Waals surface area contributed by atoms with Crippen LogP contribution in [0.1, 0.15) is 51.0 Å². The van der Waals surface area contributed by atoms with Crippen molar-refractivity contribution < 1.29 is 14.7 Å². The molecule has 0 aliphatic carbocycles. The number of hydrogen-bond acceptors (Lipinski definition) is 6. The quantitative estimate of drug-likeness (QED) is 0.542. The summed E-state index contributed by atoms with van der Waals surface area (Å²) in [5.41, 5.74) is 15.0. The van der Waals surface area contributed by atoms with E-state index in [0.29, 0.717) is 35.9 Å². The molecule has 10 nitrogen and oxygen atoms in total. The minimum Gasteiger partial charge on any atom is -0.391 e. The van der Waals surface area contributed by atoms with Crippen LogP contribution in [0.4, 0.5) is 11.6 Å². The van der Waals surface area contributed by atoms with Crippen LogP contribution in [0.5, 0.6) is 0 Å². The molecule has 4 rings (SSSR count). The van der Waals surface area contributed by atoms with Gasteiger partial charge in [0.25, 0.3) is 11.8 Å². The van der Waals surface area contributed by atoms with Crippen molar-refractivity contribution in [1.82, 2.24) is 19.3 Å². The summed E-state index contributed by atoms with van der Waals surface area (Å²) in [6.45, 7) is 4.82. The zero-order valence-corrected chi connectivity index (χ0v) is 17.5. The molecule has 0 aromatic carbocycles. The number of aromatic nitrogens is 4. The predicted octanol–water partition coefficient (Wildman–Crippen LogP) is 1.16. The Balaban J connectivity index is 1.77. The number of fused-ring (bicyclic) bond motifs is 1. The Bertz CT molecular complexity index is 1180. The molecule has 5 N–H and O–H groups in total. The topological polar surface area (TPSA) is 145 Å². The fourth-order valence-electron chi connectivity index (χ4n) is 4.14. The molecule has 3 aromatic heterocycles. The molecule has 0 saturated heterocycles. The van der Waals surface area contributed by atoms with Gasteiger partial charge >= 0.3 is 0 Å². The number of pyridine rings is 1. The largest absolute Gasteiger partial charge is 0.391 e. The highest BCUT2D eigenvalue weighted by atomic mass is 16.3. The molecular weight excluding hydrogens is 398 g/mol. The number of hydrogen-bond donors (Lipinski definition) is 3. The van der Waals surface area contributed by atoms with Crippen LogP contribution < -0.4 is 16.4 Å². The first kappa shape index (κ1) is 20.6. The van der Waals surface area contributed by atoms with Gasteiger partial charge in [0.05, 0.1) is 12.3 Å². The Morgan fingerprint density at radius 2 is 2.10 bits per heavy atom. The van der Waals surface area contributed by atoms with E-state index in [9.17, 15) is 14.7 Å². The number of anilines is 2. The van der Waals surface area contributed by atoms with Crippen molar-refractivity contribution in [3.8, 4) is 5.69 Å². The fourth-order valence-corrected chi connectivity index (χ4v) is 4.14. The van der Waals surface area contributed by atoms with E-state index in [-0.39, 0.29) is 23.9 Å². The molecule has 0 atom stereocenters. The van der Waals surface area contributed by atoms with Crippen molar-refractivity contribution in [2.45, 2.75) is 39.8 Å². The number of rotatable bonds is 6. The van der Waals surface area contributed by atoms with Crippen LogP contribution in [0.25, 0.3) is 5.69 Å². The van der Waals surface area contributed by atoms with Crippen LogP contribution >= 0.6 is 0 Å². The number of primary amides is 1. The first-order valence-corrected chi connectivity index (χ1v) is 10.1. The lowest BCUT2D eigenvalue weighted by molar-refractivity contribution is 0.0961. The Kier molecular flexibility index (Phi) is 5.24. The molecule has 0 saturated carbocycles. The van der Waals surface area contributed by atoms with Crippen molar-refractivity contribution in [2.24, 2.45) is 5.73 Å². The zero-order chi connectivity index (χ0) is 22.3. The summed E-state index contributed by atoms with van der Waals surface area (Å²) >= 11 is 0. The third-order valence-corrected chi connectivity index (χ3v) is 5.60. The van der Waals surface area contributed by atoms with Crippen LogP contribution in [-0.4, -0.2) is 42.8 Å². The maximum atomic E-state index is 13.3. The molecule has 0 fully saturated rings. The Labute approximate surface area is 179 Å². The summed E-state index contributed by atoms with van der Waals surface area (Å²) in [5.74, 6) is -0.537. The molecule has 2 amide bonds.